The number of benzene rings is 1. The number of hydrogen-bond donors (Lipinski definition) is 3. The van der Waals surface area contributed by atoms with Crippen molar-refractivity contribution in [3.8, 4) is 0 Å². The van der Waals surface area contributed by atoms with Crippen molar-refractivity contribution in [2.45, 2.75) is 52.1 Å². The fourth-order valence-electron chi connectivity index (χ4n) is 1.90. The topological polar surface area (TPSA) is 76.4 Å². The van der Waals surface area contributed by atoms with E-state index in [-0.39, 0.29) is 11.4 Å². The van der Waals surface area contributed by atoms with Gasteiger partial charge in [-0.1, -0.05) is 45.0 Å². The predicted molar refractivity (Wildman–Crippen MR) is 86.7 cm³/mol. The molecule has 0 heterocycles. The lowest BCUT2D eigenvalue weighted by molar-refractivity contribution is 0.519. The molecule has 0 amide bonds. The van der Waals surface area contributed by atoms with Crippen LogP contribution in [0.1, 0.15) is 45.2 Å². The first-order chi connectivity index (χ1) is 9.29. The summed E-state index contributed by atoms with van der Waals surface area (Å²) >= 11 is 0. The van der Waals surface area contributed by atoms with Crippen molar-refractivity contribution >= 4 is 5.96 Å². The van der Waals surface area contributed by atoms with Crippen LogP contribution < -0.4 is 16.8 Å². The van der Waals surface area contributed by atoms with Gasteiger partial charge in [0.05, 0.1) is 0 Å². The molecule has 20 heavy (non-hydrogen) atoms. The molecule has 0 fully saturated rings. The molecule has 0 spiro atoms. The van der Waals surface area contributed by atoms with Crippen molar-refractivity contribution in [1.29, 1.82) is 0 Å². The minimum Gasteiger partial charge on any atom is -0.370 e. The number of rotatable bonds is 6. The van der Waals surface area contributed by atoms with Crippen LogP contribution in [0.2, 0.25) is 0 Å². The summed E-state index contributed by atoms with van der Waals surface area (Å²) in [5, 5.41) is 3.48. The molecule has 1 unspecified atom stereocenters. The Labute approximate surface area is 122 Å². The molecule has 0 aliphatic heterocycles. The number of nitrogens with one attached hydrogen (secondary N) is 1. The Balaban J connectivity index is 2.40. The van der Waals surface area contributed by atoms with Gasteiger partial charge in [0.1, 0.15) is 0 Å². The van der Waals surface area contributed by atoms with Crippen LogP contribution in [0.3, 0.4) is 0 Å². The molecule has 0 bridgehead atoms. The molecule has 1 atom stereocenters. The molecule has 0 saturated heterocycles. The van der Waals surface area contributed by atoms with E-state index < -0.39 is 0 Å². The van der Waals surface area contributed by atoms with Crippen LogP contribution in [-0.4, -0.2) is 18.5 Å². The van der Waals surface area contributed by atoms with Crippen molar-refractivity contribution in [3.63, 3.8) is 0 Å². The van der Waals surface area contributed by atoms with Crippen LogP contribution in [0.25, 0.3) is 0 Å². The summed E-state index contributed by atoms with van der Waals surface area (Å²) < 4.78 is 0. The average Bonchev–Trinajstić information content (AvgIpc) is 2.35. The molecule has 1 aromatic rings. The van der Waals surface area contributed by atoms with E-state index in [4.69, 9.17) is 11.5 Å². The van der Waals surface area contributed by atoms with Crippen molar-refractivity contribution in [1.82, 2.24) is 5.32 Å². The maximum atomic E-state index is 5.30. The Morgan fingerprint density at radius 3 is 2.30 bits per heavy atom. The zero-order valence-corrected chi connectivity index (χ0v) is 13.1. The predicted octanol–water partition coefficient (Wildman–Crippen LogP) is 2.13. The standard InChI is InChI=1S/C16H28N4/c1-12(9-10-19-15(17)18)20-11-13-5-7-14(8-6-13)16(2,3)4/h5-8,12,20H,9-11H2,1-4H3,(H4,17,18,19). The second-order valence-electron chi connectivity index (χ2n) is 6.32. The Kier molecular flexibility index (Phi) is 6.02. The molecule has 1 aromatic carbocycles. The molecule has 112 valence electrons. The van der Waals surface area contributed by atoms with E-state index in [0.29, 0.717) is 12.6 Å². The molecule has 0 aliphatic rings. The van der Waals surface area contributed by atoms with Crippen LogP contribution in [0.5, 0.6) is 0 Å². The monoisotopic (exact) mass is 276 g/mol. The maximum absolute atomic E-state index is 5.30. The third-order valence-corrected chi connectivity index (χ3v) is 3.33. The summed E-state index contributed by atoms with van der Waals surface area (Å²) in [5.41, 5.74) is 13.5. The van der Waals surface area contributed by atoms with Gasteiger partial charge < -0.3 is 16.8 Å². The Hall–Kier alpha value is -1.55. The normalized spacial score (nSPS) is 13.0. The van der Waals surface area contributed by atoms with Gasteiger partial charge >= 0.3 is 0 Å². The average molecular weight is 276 g/mol. The summed E-state index contributed by atoms with van der Waals surface area (Å²) in [6, 6.07) is 9.19. The second kappa shape index (κ2) is 7.29. The Morgan fingerprint density at radius 1 is 1.20 bits per heavy atom. The zero-order chi connectivity index (χ0) is 15.2. The highest BCUT2D eigenvalue weighted by atomic mass is 15.0. The third kappa shape index (κ3) is 6.06. The molecule has 4 heteroatoms. The fraction of sp³-hybridized carbons (Fsp3) is 0.562. The van der Waals surface area contributed by atoms with Crippen LogP contribution in [0.15, 0.2) is 29.3 Å². The molecule has 0 saturated carbocycles. The van der Waals surface area contributed by atoms with Gasteiger partial charge in [0.2, 0.25) is 0 Å². The number of guanidine groups is 1. The molecule has 1 rings (SSSR count). The third-order valence-electron chi connectivity index (χ3n) is 3.33. The Morgan fingerprint density at radius 2 is 1.80 bits per heavy atom. The van der Waals surface area contributed by atoms with E-state index in [1.54, 1.807) is 0 Å². The lowest BCUT2D eigenvalue weighted by atomic mass is 9.87. The van der Waals surface area contributed by atoms with E-state index in [2.05, 4.69) is 62.3 Å². The fourth-order valence-corrected chi connectivity index (χ4v) is 1.90. The maximum Gasteiger partial charge on any atom is 0.185 e. The number of hydrogen-bond acceptors (Lipinski definition) is 2. The summed E-state index contributed by atoms with van der Waals surface area (Å²) in [5.74, 6) is 0.162. The molecular weight excluding hydrogens is 248 g/mol. The largest absolute Gasteiger partial charge is 0.370 e. The van der Waals surface area contributed by atoms with Crippen molar-refractivity contribution in [2.24, 2.45) is 16.5 Å². The number of aliphatic imine (C=N–C) groups is 1. The quantitative estimate of drug-likeness (QED) is 0.550. The minimum atomic E-state index is 0.162. The number of nitrogens with two attached hydrogens (primary N) is 2. The van der Waals surface area contributed by atoms with E-state index >= 15 is 0 Å². The second-order valence-corrected chi connectivity index (χ2v) is 6.32. The molecule has 4 nitrogen and oxygen atoms in total. The van der Waals surface area contributed by atoms with Gasteiger partial charge in [-0.05, 0) is 29.9 Å². The SMILES string of the molecule is CC(CCN=C(N)N)NCc1ccc(C(C)(C)C)cc1. The van der Waals surface area contributed by atoms with Crippen LogP contribution in [0, 0.1) is 0 Å². The molecule has 0 aliphatic carbocycles. The molecule has 0 aromatic heterocycles. The van der Waals surface area contributed by atoms with E-state index in [9.17, 15) is 0 Å². The van der Waals surface area contributed by atoms with Gasteiger partial charge in [0.25, 0.3) is 0 Å². The summed E-state index contributed by atoms with van der Waals surface area (Å²) in [6.07, 6.45) is 0.929. The van der Waals surface area contributed by atoms with Gasteiger partial charge in [-0.15, -0.1) is 0 Å². The summed E-state index contributed by atoms with van der Waals surface area (Å²) in [6.45, 7) is 10.4. The van der Waals surface area contributed by atoms with Gasteiger partial charge in [-0.25, -0.2) is 0 Å². The van der Waals surface area contributed by atoms with Crippen LogP contribution >= 0.6 is 0 Å². The zero-order valence-electron chi connectivity index (χ0n) is 13.1. The van der Waals surface area contributed by atoms with Crippen molar-refractivity contribution in [2.75, 3.05) is 6.54 Å². The van der Waals surface area contributed by atoms with Gasteiger partial charge in [0.15, 0.2) is 5.96 Å². The van der Waals surface area contributed by atoms with E-state index in [1.807, 2.05) is 0 Å². The minimum absolute atomic E-state index is 0.162. The highest BCUT2D eigenvalue weighted by molar-refractivity contribution is 5.75. The molecule has 5 N–H and O–H groups in total. The first kappa shape index (κ1) is 16.5. The summed E-state index contributed by atoms with van der Waals surface area (Å²) in [4.78, 5) is 3.99. The van der Waals surface area contributed by atoms with Crippen molar-refractivity contribution < 1.29 is 0 Å². The first-order valence-electron chi connectivity index (χ1n) is 7.17. The highest BCUT2D eigenvalue weighted by Crippen LogP contribution is 2.22. The Bertz CT molecular complexity index is 425. The van der Waals surface area contributed by atoms with Gasteiger partial charge in [0, 0.05) is 19.1 Å². The number of nitrogens with zero attached hydrogens (tertiary/aromatic N) is 1. The van der Waals surface area contributed by atoms with E-state index in [0.717, 1.165) is 13.0 Å². The van der Waals surface area contributed by atoms with Gasteiger partial charge in [-0.3, -0.25) is 4.99 Å². The lowest BCUT2D eigenvalue weighted by Crippen LogP contribution is -2.27. The van der Waals surface area contributed by atoms with Crippen molar-refractivity contribution in [3.05, 3.63) is 35.4 Å². The van der Waals surface area contributed by atoms with Crippen LogP contribution in [-0.2, 0) is 12.0 Å². The first-order valence-corrected chi connectivity index (χ1v) is 7.17. The highest BCUT2D eigenvalue weighted by Gasteiger charge is 2.12. The van der Waals surface area contributed by atoms with Crippen LogP contribution in [0.4, 0.5) is 0 Å². The lowest BCUT2D eigenvalue weighted by Gasteiger charge is -2.19. The van der Waals surface area contributed by atoms with E-state index in [1.165, 1.54) is 11.1 Å². The molecule has 0 radical (unpaired) electrons. The summed E-state index contributed by atoms with van der Waals surface area (Å²) in [7, 11) is 0. The smallest absolute Gasteiger partial charge is 0.185 e. The molecular formula is C16H28N4. The van der Waals surface area contributed by atoms with Gasteiger partial charge in [-0.2, -0.15) is 0 Å².